The van der Waals surface area contributed by atoms with E-state index >= 15 is 0 Å². The Hall–Kier alpha value is -2.35. The molecule has 2 heterocycles. The molecule has 1 fully saturated rings. The van der Waals surface area contributed by atoms with Gasteiger partial charge in [-0.3, -0.25) is 15.6 Å². The predicted octanol–water partition coefficient (Wildman–Crippen LogP) is 2.96. The Labute approximate surface area is 155 Å². The number of rotatable bonds is 4. The lowest BCUT2D eigenvalue weighted by molar-refractivity contribution is 0.0962. The van der Waals surface area contributed by atoms with E-state index in [0.717, 1.165) is 19.4 Å². The van der Waals surface area contributed by atoms with Crippen molar-refractivity contribution in [1.82, 2.24) is 15.4 Å². The normalized spacial score (nSPS) is 17.2. The van der Waals surface area contributed by atoms with Gasteiger partial charge in [0, 0.05) is 17.1 Å². The minimum atomic E-state index is -0.279. The van der Waals surface area contributed by atoms with Crippen molar-refractivity contribution < 1.29 is 4.79 Å². The fourth-order valence-corrected chi connectivity index (χ4v) is 3.42. The van der Waals surface area contributed by atoms with Crippen LogP contribution in [0.5, 0.6) is 0 Å². The number of nitrogens with zero attached hydrogens (tertiary/aromatic N) is 3. The Morgan fingerprint density at radius 3 is 2.88 bits per heavy atom. The van der Waals surface area contributed by atoms with Gasteiger partial charge in [0.2, 0.25) is 0 Å². The number of anilines is 3. The van der Waals surface area contributed by atoms with Gasteiger partial charge in [0.05, 0.1) is 5.56 Å². The zero-order valence-electron chi connectivity index (χ0n) is 14.0. The highest BCUT2D eigenvalue weighted by molar-refractivity contribution is 9.10. The first-order chi connectivity index (χ1) is 12.1. The number of aromatic nitrogens is 2. The topological polar surface area (TPSA) is 96.2 Å². The van der Waals surface area contributed by atoms with Crippen molar-refractivity contribution in [3.8, 4) is 0 Å². The third-order valence-corrected chi connectivity index (χ3v) is 5.04. The average molecular weight is 405 g/mol. The van der Waals surface area contributed by atoms with Gasteiger partial charge < -0.3 is 10.6 Å². The minimum absolute atomic E-state index is 0.279. The molecule has 1 unspecified atom stereocenters. The fourth-order valence-electron chi connectivity index (χ4n) is 2.96. The fraction of sp³-hybridized carbons (Fsp3) is 0.353. The molecule has 1 atom stereocenters. The molecule has 0 aliphatic carbocycles. The highest BCUT2D eigenvalue weighted by Gasteiger charge is 2.23. The van der Waals surface area contributed by atoms with Gasteiger partial charge in [-0.15, -0.1) is 0 Å². The summed E-state index contributed by atoms with van der Waals surface area (Å²) in [6.07, 6.45) is 4.91. The first-order valence-corrected chi connectivity index (χ1v) is 9.05. The van der Waals surface area contributed by atoms with E-state index in [2.05, 4.69) is 48.6 Å². The van der Waals surface area contributed by atoms with E-state index in [4.69, 9.17) is 5.73 Å². The molecule has 132 valence electrons. The minimum Gasteiger partial charge on any atom is -0.393 e. The van der Waals surface area contributed by atoms with Crippen LogP contribution in [0.2, 0.25) is 0 Å². The van der Waals surface area contributed by atoms with Crippen molar-refractivity contribution in [2.75, 3.05) is 22.6 Å². The molecule has 2 aromatic rings. The molecule has 1 aliphatic heterocycles. The first-order valence-electron chi connectivity index (χ1n) is 8.26. The summed E-state index contributed by atoms with van der Waals surface area (Å²) >= 11 is 3.36. The van der Waals surface area contributed by atoms with Gasteiger partial charge in [-0.25, -0.2) is 9.97 Å². The number of piperidine rings is 1. The summed E-state index contributed by atoms with van der Waals surface area (Å²) < 4.78 is 0.716. The van der Waals surface area contributed by atoms with Gasteiger partial charge in [-0.1, -0.05) is 12.1 Å². The Kier molecular flexibility index (Phi) is 5.37. The Morgan fingerprint density at radius 2 is 2.12 bits per heavy atom. The summed E-state index contributed by atoms with van der Waals surface area (Å²) in [5.41, 5.74) is 12.6. The summed E-state index contributed by atoms with van der Waals surface area (Å²) in [6.45, 7) is 3.09. The van der Waals surface area contributed by atoms with Crippen LogP contribution in [0.3, 0.4) is 0 Å². The summed E-state index contributed by atoms with van der Waals surface area (Å²) in [5.74, 6) is 0.821. The lowest BCUT2D eigenvalue weighted by atomic mass is 10.0. The van der Waals surface area contributed by atoms with E-state index in [1.807, 2.05) is 12.1 Å². The van der Waals surface area contributed by atoms with Crippen molar-refractivity contribution >= 4 is 39.2 Å². The number of hydrogen-bond donors (Lipinski definition) is 3. The van der Waals surface area contributed by atoms with Gasteiger partial charge in [0.15, 0.2) is 11.6 Å². The lowest BCUT2D eigenvalue weighted by Crippen LogP contribution is -2.39. The molecule has 0 radical (unpaired) electrons. The molecule has 25 heavy (non-hydrogen) atoms. The van der Waals surface area contributed by atoms with E-state index in [1.165, 1.54) is 12.7 Å². The van der Waals surface area contributed by atoms with Crippen molar-refractivity contribution in [3.63, 3.8) is 0 Å². The van der Waals surface area contributed by atoms with Gasteiger partial charge in [0.1, 0.15) is 12.0 Å². The Balaban J connectivity index is 1.74. The summed E-state index contributed by atoms with van der Waals surface area (Å²) in [5, 5.41) is 0. The third-order valence-electron chi connectivity index (χ3n) is 4.35. The number of nitrogen functional groups attached to an aromatic ring is 1. The summed E-state index contributed by atoms with van der Waals surface area (Å²) in [6, 6.07) is 7.57. The number of halogens is 1. The van der Waals surface area contributed by atoms with Crippen LogP contribution in [0.15, 0.2) is 35.1 Å². The number of carbonyl (C=O) groups is 1. The van der Waals surface area contributed by atoms with Gasteiger partial charge in [0.25, 0.3) is 5.91 Å². The number of nitrogens with one attached hydrogen (secondary N) is 2. The number of carbonyl (C=O) groups excluding carboxylic acids is 1. The maximum Gasteiger partial charge on any atom is 0.270 e. The molecular formula is C17H21BrN6O. The van der Waals surface area contributed by atoms with Crippen LogP contribution in [0.4, 0.5) is 17.3 Å². The molecule has 0 bridgehead atoms. The molecule has 1 saturated heterocycles. The monoisotopic (exact) mass is 404 g/mol. The molecule has 0 saturated carbocycles. The van der Waals surface area contributed by atoms with Gasteiger partial charge in [-0.05, 0) is 54.2 Å². The summed E-state index contributed by atoms with van der Waals surface area (Å²) in [7, 11) is 0. The zero-order valence-corrected chi connectivity index (χ0v) is 15.6. The van der Waals surface area contributed by atoms with Crippen LogP contribution in [0, 0.1) is 0 Å². The number of amides is 1. The molecular weight excluding hydrogens is 384 g/mol. The van der Waals surface area contributed by atoms with Gasteiger partial charge in [-0.2, -0.15) is 0 Å². The number of benzene rings is 1. The van der Waals surface area contributed by atoms with Crippen LogP contribution >= 0.6 is 15.9 Å². The Bertz CT molecular complexity index is 769. The van der Waals surface area contributed by atoms with Crippen molar-refractivity contribution in [2.45, 2.75) is 32.2 Å². The second kappa shape index (κ2) is 7.69. The highest BCUT2D eigenvalue weighted by Crippen LogP contribution is 2.30. The van der Waals surface area contributed by atoms with E-state index in [-0.39, 0.29) is 5.91 Å². The van der Waals surface area contributed by atoms with Crippen molar-refractivity contribution in [3.05, 3.63) is 40.6 Å². The molecule has 7 nitrogen and oxygen atoms in total. The molecule has 1 aromatic carbocycles. The standard InChI is InChI=1S/C17H21BrN6O/c1-11-6-4-5-9-24(11)16-14(19)15(20-10-21-16)22-23-17(25)12-7-2-3-8-13(12)18/h2-3,7-8,10-11H,4-6,9,19H2,1H3,(H,23,25)(H,20,21,22). The molecule has 3 rings (SSSR count). The first kappa shape index (κ1) is 17.5. The Morgan fingerprint density at radius 1 is 1.32 bits per heavy atom. The summed E-state index contributed by atoms with van der Waals surface area (Å²) in [4.78, 5) is 23.0. The van der Waals surface area contributed by atoms with E-state index in [1.54, 1.807) is 12.1 Å². The smallest absolute Gasteiger partial charge is 0.270 e. The van der Waals surface area contributed by atoms with Crippen LogP contribution in [0.1, 0.15) is 36.5 Å². The highest BCUT2D eigenvalue weighted by atomic mass is 79.9. The van der Waals surface area contributed by atoms with Crippen molar-refractivity contribution in [2.24, 2.45) is 0 Å². The number of hydrogen-bond acceptors (Lipinski definition) is 6. The second-order valence-corrected chi connectivity index (χ2v) is 6.91. The second-order valence-electron chi connectivity index (χ2n) is 6.06. The lowest BCUT2D eigenvalue weighted by Gasteiger charge is -2.35. The van der Waals surface area contributed by atoms with Crippen molar-refractivity contribution in [1.29, 1.82) is 0 Å². The quantitative estimate of drug-likeness (QED) is 0.677. The average Bonchev–Trinajstić information content (AvgIpc) is 2.62. The molecule has 1 amide bonds. The van der Waals surface area contributed by atoms with E-state index < -0.39 is 0 Å². The largest absolute Gasteiger partial charge is 0.393 e. The third kappa shape index (κ3) is 3.84. The van der Waals surface area contributed by atoms with Gasteiger partial charge >= 0.3 is 0 Å². The van der Waals surface area contributed by atoms with Crippen LogP contribution in [-0.4, -0.2) is 28.5 Å². The SMILES string of the molecule is CC1CCCCN1c1ncnc(NNC(=O)c2ccccc2Br)c1N. The molecule has 0 spiro atoms. The maximum absolute atomic E-state index is 12.3. The van der Waals surface area contributed by atoms with E-state index in [0.29, 0.717) is 33.4 Å². The predicted molar refractivity (Wildman–Crippen MR) is 102 cm³/mol. The zero-order chi connectivity index (χ0) is 17.8. The maximum atomic E-state index is 12.3. The number of nitrogens with two attached hydrogens (primary N) is 1. The molecule has 8 heteroatoms. The molecule has 1 aliphatic rings. The van der Waals surface area contributed by atoms with E-state index in [9.17, 15) is 4.79 Å². The number of hydrazine groups is 1. The van der Waals surface area contributed by atoms with Crippen LogP contribution in [-0.2, 0) is 0 Å². The van der Waals surface area contributed by atoms with Crippen LogP contribution in [0.25, 0.3) is 0 Å². The van der Waals surface area contributed by atoms with Crippen LogP contribution < -0.4 is 21.5 Å². The molecule has 4 N–H and O–H groups in total. The molecule has 1 aromatic heterocycles.